The van der Waals surface area contributed by atoms with E-state index in [1.807, 2.05) is 24.3 Å². The van der Waals surface area contributed by atoms with Crippen molar-refractivity contribution in [2.45, 2.75) is 20.3 Å². The van der Waals surface area contributed by atoms with Gasteiger partial charge in [0.1, 0.15) is 11.4 Å². The number of nitrogens with one attached hydrogen (secondary N) is 1. The zero-order chi connectivity index (χ0) is 17.6. The molecular weight excluding hydrogens is 310 g/mol. The zero-order valence-corrected chi connectivity index (χ0v) is 15.4. The molecular formula is C21H27N3O. The number of para-hydroxylation sites is 1. The minimum Gasteiger partial charge on any atom is -0.454 e. The average Bonchev–Trinajstić information content (AvgIpc) is 2.75. The second-order valence-electron chi connectivity index (χ2n) is 6.57. The molecule has 0 fully saturated rings. The molecule has 0 spiro atoms. The number of rotatable bonds is 7. The number of hydrogen-bond acceptors (Lipinski definition) is 4. The maximum Gasteiger partial charge on any atom is 0.153 e. The minimum atomic E-state index is 0.805. The summed E-state index contributed by atoms with van der Waals surface area (Å²) in [5, 5.41) is 3.38. The van der Waals surface area contributed by atoms with Gasteiger partial charge in [-0.1, -0.05) is 25.1 Å². The first-order chi connectivity index (χ1) is 12.2. The molecule has 1 aliphatic heterocycles. The standard InChI is InChI=1S/C21H27N3O/c1-4-22-12-7-13-24(3)15-19-17-8-5-6-9-20(17)25-21-11-10-16(2)14-18(21)23-19/h5-6,8-11,14,22H,4,7,12-13,15H2,1-3H3. The molecule has 2 aromatic carbocycles. The highest BCUT2D eigenvalue weighted by molar-refractivity contribution is 6.06. The quantitative estimate of drug-likeness (QED) is 0.771. The largest absolute Gasteiger partial charge is 0.454 e. The van der Waals surface area contributed by atoms with Crippen molar-refractivity contribution in [3.05, 3.63) is 53.6 Å². The van der Waals surface area contributed by atoms with Crippen molar-refractivity contribution in [3.8, 4) is 11.5 Å². The van der Waals surface area contributed by atoms with Crippen LogP contribution in [0.1, 0.15) is 24.5 Å². The molecule has 1 aliphatic rings. The smallest absolute Gasteiger partial charge is 0.153 e. The second kappa shape index (κ2) is 8.28. The predicted octanol–water partition coefficient (Wildman–Crippen LogP) is 4.15. The number of aryl methyl sites for hydroxylation is 1. The maximum atomic E-state index is 6.14. The molecule has 0 bridgehead atoms. The molecule has 25 heavy (non-hydrogen) atoms. The zero-order valence-electron chi connectivity index (χ0n) is 15.4. The monoisotopic (exact) mass is 337 g/mol. The lowest BCUT2D eigenvalue weighted by atomic mass is 10.1. The molecule has 1 N–H and O–H groups in total. The van der Waals surface area contributed by atoms with Crippen LogP contribution >= 0.6 is 0 Å². The van der Waals surface area contributed by atoms with Gasteiger partial charge in [-0.2, -0.15) is 0 Å². The summed E-state index contributed by atoms with van der Waals surface area (Å²) < 4.78 is 6.14. The number of likely N-dealkylation sites (N-methyl/N-ethyl adjacent to an activating group) is 1. The molecule has 0 radical (unpaired) electrons. The van der Waals surface area contributed by atoms with Crippen LogP contribution in [0.25, 0.3) is 0 Å². The van der Waals surface area contributed by atoms with Crippen molar-refractivity contribution in [3.63, 3.8) is 0 Å². The molecule has 0 atom stereocenters. The van der Waals surface area contributed by atoms with Crippen LogP contribution in [0.3, 0.4) is 0 Å². The van der Waals surface area contributed by atoms with Crippen LogP contribution in [0, 0.1) is 6.92 Å². The van der Waals surface area contributed by atoms with Crippen LogP contribution in [-0.2, 0) is 0 Å². The highest BCUT2D eigenvalue weighted by Crippen LogP contribution is 2.38. The van der Waals surface area contributed by atoms with Gasteiger partial charge in [0, 0.05) is 12.1 Å². The van der Waals surface area contributed by atoms with Gasteiger partial charge in [0.2, 0.25) is 0 Å². The molecule has 0 aliphatic carbocycles. The SMILES string of the molecule is CCNCCCN(C)CC1=Nc2cc(C)ccc2Oc2ccccc21. The van der Waals surface area contributed by atoms with E-state index in [0.29, 0.717) is 0 Å². The molecule has 132 valence electrons. The number of ether oxygens (including phenoxy) is 1. The highest BCUT2D eigenvalue weighted by atomic mass is 16.5. The van der Waals surface area contributed by atoms with E-state index >= 15 is 0 Å². The fourth-order valence-corrected chi connectivity index (χ4v) is 3.03. The number of nitrogens with zero attached hydrogens (tertiary/aromatic N) is 2. The molecule has 4 nitrogen and oxygen atoms in total. The van der Waals surface area contributed by atoms with Crippen molar-refractivity contribution < 1.29 is 4.74 Å². The van der Waals surface area contributed by atoms with Crippen molar-refractivity contribution in [2.24, 2.45) is 4.99 Å². The summed E-state index contributed by atoms with van der Waals surface area (Å²) in [6, 6.07) is 14.3. The summed E-state index contributed by atoms with van der Waals surface area (Å²) in [6.45, 7) is 8.14. The van der Waals surface area contributed by atoms with Crippen LogP contribution in [-0.4, -0.2) is 43.8 Å². The lowest BCUT2D eigenvalue weighted by Gasteiger charge is -2.18. The lowest BCUT2D eigenvalue weighted by Crippen LogP contribution is -2.29. The number of fused-ring (bicyclic) bond motifs is 2. The fourth-order valence-electron chi connectivity index (χ4n) is 3.03. The number of aliphatic imine (C=N–C) groups is 1. The van der Waals surface area contributed by atoms with Crippen molar-refractivity contribution in [2.75, 3.05) is 33.2 Å². The van der Waals surface area contributed by atoms with Crippen LogP contribution in [0.2, 0.25) is 0 Å². The van der Waals surface area contributed by atoms with Gasteiger partial charge >= 0.3 is 0 Å². The van der Waals surface area contributed by atoms with Gasteiger partial charge in [0.05, 0.1) is 5.71 Å². The average molecular weight is 337 g/mol. The first kappa shape index (κ1) is 17.6. The summed E-state index contributed by atoms with van der Waals surface area (Å²) in [7, 11) is 2.15. The Morgan fingerprint density at radius 2 is 1.96 bits per heavy atom. The maximum absolute atomic E-state index is 6.14. The molecule has 0 saturated carbocycles. The Bertz CT molecular complexity index is 755. The molecule has 0 saturated heterocycles. The summed E-state index contributed by atoms with van der Waals surface area (Å²) in [5.41, 5.74) is 4.24. The molecule has 0 unspecified atom stereocenters. The highest BCUT2D eigenvalue weighted by Gasteiger charge is 2.18. The van der Waals surface area contributed by atoms with Crippen LogP contribution in [0.5, 0.6) is 11.5 Å². The van der Waals surface area contributed by atoms with E-state index in [4.69, 9.17) is 9.73 Å². The lowest BCUT2D eigenvalue weighted by molar-refractivity contribution is 0.370. The van der Waals surface area contributed by atoms with Crippen LogP contribution in [0.15, 0.2) is 47.5 Å². The first-order valence-corrected chi connectivity index (χ1v) is 9.02. The van der Waals surface area contributed by atoms with Crippen molar-refractivity contribution in [1.82, 2.24) is 10.2 Å². The van der Waals surface area contributed by atoms with E-state index in [9.17, 15) is 0 Å². The predicted molar refractivity (Wildman–Crippen MR) is 105 cm³/mol. The topological polar surface area (TPSA) is 36.9 Å². The van der Waals surface area contributed by atoms with Crippen molar-refractivity contribution >= 4 is 11.4 Å². The first-order valence-electron chi connectivity index (χ1n) is 9.02. The van der Waals surface area contributed by atoms with Crippen molar-refractivity contribution in [1.29, 1.82) is 0 Å². The van der Waals surface area contributed by atoms with Gasteiger partial charge in [-0.15, -0.1) is 0 Å². The van der Waals surface area contributed by atoms with Crippen LogP contribution in [0.4, 0.5) is 5.69 Å². The molecule has 1 heterocycles. The Morgan fingerprint density at radius 1 is 1.12 bits per heavy atom. The third kappa shape index (κ3) is 4.47. The molecule has 2 aromatic rings. The van der Waals surface area contributed by atoms with E-state index in [0.717, 1.165) is 61.1 Å². The third-order valence-electron chi connectivity index (χ3n) is 4.35. The Hall–Kier alpha value is -2.17. The van der Waals surface area contributed by atoms with Gasteiger partial charge in [-0.25, -0.2) is 4.99 Å². The molecule has 0 amide bonds. The van der Waals surface area contributed by atoms with E-state index in [-0.39, 0.29) is 0 Å². The van der Waals surface area contributed by atoms with E-state index in [1.165, 1.54) is 5.56 Å². The Morgan fingerprint density at radius 3 is 2.80 bits per heavy atom. The second-order valence-corrected chi connectivity index (χ2v) is 6.57. The van der Waals surface area contributed by atoms with E-state index in [1.54, 1.807) is 0 Å². The van der Waals surface area contributed by atoms with Gasteiger partial charge < -0.3 is 15.0 Å². The Kier molecular flexibility index (Phi) is 5.84. The fraction of sp³-hybridized carbons (Fsp3) is 0.381. The van der Waals surface area contributed by atoms with E-state index in [2.05, 4.69) is 49.3 Å². The minimum absolute atomic E-state index is 0.805. The van der Waals surface area contributed by atoms with Gasteiger partial charge in [-0.05, 0) is 69.9 Å². The van der Waals surface area contributed by atoms with E-state index < -0.39 is 0 Å². The number of benzene rings is 2. The van der Waals surface area contributed by atoms with Gasteiger partial charge in [-0.3, -0.25) is 0 Å². The summed E-state index contributed by atoms with van der Waals surface area (Å²) in [4.78, 5) is 7.29. The summed E-state index contributed by atoms with van der Waals surface area (Å²) in [5.74, 6) is 1.70. The normalized spacial score (nSPS) is 12.9. The third-order valence-corrected chi connectivity index (χ3v) is 4.35. The van der Waals surface area contributed by atoms with Crippen LogP contribution < -0.4 is 10.1 Å². The molecule has 0 aromatic heterocycles. The molecule has 3 rings (SSSR count). The summed E-state index contributed by atoms with van der Waals surface area (Å²) in [6.07, 6.45) is 1.13. The Labute approximate surface area is 150 Å². The van der Waals surface area contributed by atoms with Gasteiger partial charge in [0.15, 0.2) is 5.75 Å². The number of hydrogen-bond donors (Lipinski definition) is 1. The van der Waals surface area contributed by atoms with Gasteiger partial charge in [0.25, 0.3) is 0 Å². The summed E-state index contributed by atoms with van der Waals surface area (Å²) >= 11 is 0. The Balaban J connectivity index is 1.84. The molecule has 4 heteroatoms.